The van der Waals surface area contributed by atoms with E-state index in [1.807, 2.05) is 11.8 Å². The summed E-state index contributed by atoms with van der Waals surface area (Å²) in [7, 11) is 0. The number of nitrogens with one attached hydrogen (secondary N) is 1. The summed E-state index contributed by atoms with van der Waals surface area (Å²) in [5.74, 6) is -0.720. The minimum absolute atomic E-state index is 0. The van der Waals surface area contributed by atoms with E-state index < -0.39 is 5.92 Å². The number of halogens is 2. The summed E-state index contributed by atoms with van der Waals surface area (Å²) in [5.41, 5.74) is 0.480. The third-order valence-corrected chi connectivity index (χ3v) is 3.53. The van der Waals surface area contributed by atoms with Crippen LogP contribution >= 0.6 is 12.4 Å². The molecule has 106 valence electrons. The van der Waals surface area contributed by atoms with Crippen LogP contribution in [0.2, 0.25) is 0 Å². The van der Waals surface area contributed by atoms with Crippen LogP contribution in [0, 0.1) is 5.82 Å². The predicted molar refractivity (Wildman–Crippen MR) is 76.1 cm³/mol. The number of hydrogen-bond acceptors (Lipinski definition) is 2. The van der Waals surface area contributed by atoms with Gasteiger partial charge in [-0.15, -0.1) is 12.4 Å². The highest BCUT2D eigenvalue weighted by Gasteiger charge is 2.28. The van der Waals surface area contributed by atoms with Gasteiger partial charge in [0, 0.05) is 25.7 Å². The van der Waals surface area contributed by atoms with Crippen LogP contribution in [-0.4, -0.2) is 36.5 Å². The van der Waals surface area contributed by atoms with Gasteiger partial charge in [0.05, 0.1) is 5.92 Å². The lowest BCUT2D eigenvalue weighted by molar-refractivity contribution is -0.135. The summed E-state index contributed by atoms with van der Waals surface area (Å²) >= 11 is 0. The molecule has 1 aromatic rings. The van der Waals surface area contributed by atoms with Crippen molar-refractivity contribution in [3.63, 3.8) is 0 Å². The molecule has 0 bridgehead atoms. The van der Waals surface area contributed by atoms with Gasteiger partial charge < -0.3 is 10.2 Å². The van der Waals surface area contributed by atoms with Crippen LogP contribution in [-0.2, 0) is 4.79 Å². The summed E-state index contributed by atoms with van der Waals surface area (Å²) in [6.07, 6.45) is 0. The first kappa shape index (κ1) is 15.9. The second kappa shape index (κ2) is 6.87. The van der Waals surface area contributed by atoms with E-state index in [2.05, 4.69) is 5.32 Å². The normalized spacial score (nSPS) is 20.6. The van der Waals surface area contributed by atoms with E-state index in [0.29, 0.717) is 12.1 Å². The lowest BCUT2D eigenvalue weighted by Crippen LogP contribution is -2.53. The Morgan fingerprint density at radius 3 is 2.79 bits per heavy atom. The quantitative estimate of drug-likeness (QED) is 0.904. The molecule has 5 heteroatoms. The SMILES string of the molecule is CC(C(=O)N1CCNC[C@@H]1C)c1ccccc1F.Cl. The average Bonchev–Trinajstić information content (AvgIpc) is 2.38. The monoisotopic (exact) mass is 286 g/mol. The molecule has 19 heavy (non-hydrogen) atoms. The van der Waals surface area contributed by atoms with Gasteiger partial charge in [-0.05, 0) is 25.5 Å². The van der Waals surface area contributed by atoms with Gasteiger partial charge >= 0.3 is 0 Å². The van der Waals surface area contributed by atoms with E-state index in [1.165, 1.54) is 6.07 Å². The highest BCUT2D eigenvalue weighted by atomic mass is 35.5. The summed E-state index contributed by atoms with van der Waals surface area (Å²) < 4.78 is 13.7. The van der Waals surface area contributed by atoms with Crippen LogP contribution in [0.15, 0.2) is 24.3 Å². The molecule has 3 nitrogen and oxygen atoms in total. The molecule has 0 aliphatic carbocycles. The molecule has 1 saturated heterocycles. The first-order valence-electron chi connectivity index (χ1n) is 6.37. The van der Waals surface area contributed by atoms with Gasteiger partial charge in [-0.3, -0.25) is 4.79 Å². The van der Waals surface area contributed by atoms with Crippen molar-refractivity contribution >= 4 is 18.3 Å². The van der Waals surface area contributed by atoms with Gasteiger partial charge in [-0.25, -0.2) is 4.39 Å². The molecule has 1 fully saturated rings. The fourth-order valence-corrected chi connectivity index (χ4v) is 2.38. The average molecular weight is 287 g/mol. The van der Waals surface area contributed by atoms with E-state index >= 15 is 0 Å². The molecule has 0 radical (unpaired) electrons. The molecule has 1 aliphatic rings. The fourth-order valence-electron chi connectivity index (χ4n) is 2.38. The number of rotatable bonds is 2. The Labute approximate surface area is 119 Å². The smallest absolute Gasteiger partial charge is 0.230 e. The van der Waals surface area contributed by atoms with Crippen LogP contribution in [0.1, 0.15) is 25.3 Å². The lowest BCUT2D eigenvalue weighted by Gasteiger charge is -2.35. The van der Waals surface area contributed by atoms with Gasteiger partial charge in [0.2, 0.25) is 5.91 Å². The molecule has 1 heterocycles. The van der Waals surface area contributed by atoms with Crippen molar-refractivity contribution in [3.05, 3.63) is 35.6 Å². The third-order valence-electron chi connectivity index (χ3n) is 3.53. The van der Waals surface area contributed by atoms with Crippen LogP contribution in [0.3, 0.4) is 0 Å². The van der Waals surface area contributed by atoms with E-state index in [1.54, 1.807) is 25.1 Å². The Hall–Kier alpha value is -1.13. The van der Waals surface area contributed by atoms with Gasteiger partial charge in [-0.1, -0.05) is 18.2 Å². The van der Waals surface area contributed by atoms with Crippen LogP contribution in [0.4, 0.5) is 4.39 Å². The summed E-state index contributed by atoms with van der Waals surface area (Å²) in [6.45, 7) is 6.09. The van der Waals surface area contributed by atoms with E-state index in [0.717, 1.165) is 13.1 Å². The van der Waals surface area contributed by atoms with Crippen LogP contribution < -0.4 is 5.32 Å². The van der Waals surface area contributed by atoms with Crippen molar-refractivity contribution in [1.82, 2.24) is 10.2 Å². The Balaban J connectivity index is 0.00000180. The number of nitrogens with zero attached hydrogens (tertiary/aromatic N) is 1. The molecule has 2 atom stereocenters. The number of benzene rings is 1. The third kappa shape index (κ3) is 3.45. The van der Waals surface area contributed by atoms with E-state index in [9.17, 15) is 9.18 Å². The van der Waals surface area contributed by atoms with Gasteiger partial charge in [0.15, 0.2) is 0 Å². The standard InChI is InChI=1S/C14H19FN2O.ClH/c1-10-9-16-7-8-17(10)14(18)11(2)12-5-3-4-6-13(12)15;/h3-6,10-11,16H,7-9H2,1-2H3;1H/t10-,11?;/m0./s1. The van der Waals surface area contributed by atoms with Crippen molar-refractivity contribution in [2.24, 2.45) is 0 Å². The first-order chi connectivity index (χ1) is 8.61. The largest absolute Gasteiger partial charge is 0.337 e. The van der Waals surface area contributed by atoms with Crippen molar-refractivity contribution in [1.29, 1.82) is 0 Å². The zero-order valence-electron chi connectivity index (χ0n) is 11.2. The molecule has 1 aromatic carbocycles. The van der Waals surface area contributed by atoms with Crippen LogP contribution in [0.25, 0.3) is 0 Å². The fraction of sp³-hybridized carbons (Fsp3) is 0.500. The molecule has 1 amide bonds. The molecule has 2 rings (SSSR count). The van der Waals surface area contributed by atoms with Gasteiger partial charge in [0.25, 0.3) is 0 Å². The molecule has 1 N–H and O–H groups in total. The summed E-state index contributed by atoms with van der Waals surface area (Å²) in [5, 5.41) is 3.24. The highest BCUT2D eigenvalue weighted by molar-refractivity contribution is 5.85. The first-order valence-corrected chi connectivity index (χ1v) is 6.37. The van der Waals surface area contributed by atoms with Crippen molar-refractivity contribution in [2.45, 2.75) is 25.8 Å². The topological polar surface area (TPSA) is 32.3 Å². The van der Waals surface area contributed by atoms with Crippen LogP contribution in [0.5, 0.6) is 0 Å². The Kier molecular flexibility index (Phi) is 5.76. The summed E-state index contributed by atoms with van der Waals surface area (Å²) in [4.78, 5) is 14.2. The Morgan fingerprint density at radius 2 is 2.16 bits per heavy atom. The van der Waals surface area contributed by atoms with Crippen molar-refractivity contribution in [2.75, 3.05) is 19.6 Å². The van der Waals surface area contributed by atoms with Gasteiger partial charge in [-0.2, -0.15) is 0 Å². The molecular formula is C14H20ClFN2O. The Bertz CT molecular complexity index is 441. The minimum atomic E-state index is -0.424. The maximum absolute atomic E-state index is 13.7. The van der Waals surface area contributed by atoms with Crippen molar-refractivity contribution in [3.8, 4) is 0 Å². The molecule has 0 aromatic heterocycles. The van der Waals surface area contributed by atoms with E-state index in [4.69, 9.17) is 0 Å². The molecular weight excluding hydrogens is 267 g/mol. The maximum atomic E-state index is 13.7. The Morgan fingerprint density at radius 1 is 1.47 bits per heavy atom. The van der Waals surface area contributed by atoms with Gasteiger partial charge in [0.1, 0.15) is 5.82 Å². The maximum Gasteiger partial charge on any atom is 0.230 e. The molecule has 1 aliphatic heterocycles. The minimum Gasteiger partial charge on any atom is -0.337 e. The molecule has 0 spiro atoms. The highest BCUT2D eigenvalue weighted by Crippen LogP contribution is 2.22. The predicted octanol–water partition coefficient (Wildman–Crippen LogP) is 2.17. The number of piperazine rings is 1. The zero-order chi connectivity index (χ0) is 13.1. The molecule has 1 unspecified atom stereocenters. The lowest BCUT2D eigenvalue weighted by atomic mass is 9.98. The number of carbonyl (C=O) groups is 1. The van der Waals surface area contributed by atoms with E-state index in [-0.39, 0.29) is 30.2 Å². The number of carbonyl (C=O) groups excluding carboxylic acids is 1. The number of amides is 1. The second-order valence-electron chi connectivity index (χ2n) is 4.83. The summed E-state index contributed by atoms with van der Waals surface area (Å²) in [6, 6.07) is 6.67. The zero-order valence-corrected chi connectivity index (χ0v) is 12.0. The second-order valence-corrected chi connectivity index (χ2v) is 4.83. The molecule has 0 saturated carbocycles. The van der Waals surface area contributed by atoms with Crippen molar-refractivity contribution < 1.29 is 9.18 Å². The number of hydrogen-bond donors (Lipinski definition) is 1.